The number of ether oxygens (including phenoxy) is 1. The number of rotatable bonds is 3. The lowest BCUT2D eigenvalue weighted by Gasteiger charge is -2.31. The van der Waals surface area contributed by atoms with Gasteiger partial charge >= 0.3 is 6.18 Å². The minimum Gasteiger partial charge on any atom is -0.483 e. The Morgan fingerprint density at radius 1 is 1.26 bits per heavy atom. The van der Waals surface area contributed by atoms with Crippen LogP contribution in [0.25, 0.3) is 0 Å². The molecule has 0 aromatic heterocycles. The van der Waals surface area contributed by atoms with E-state index in [0.717, 1.165) is 0 Å². The summed E-state index contributed by atoms with van der Waals surface area (Å²) in [4.78, 5) is 13.6. The van der Waals surface area contributed by atoms with Crippen molar-refractivity contribution >= 4 is 28.5 Å². The van der Waals surface area contributed by atoms with Crippen molar-refractivity contribution in [2.45, 2.75) is 24.9 Å². The second-order valence-corrected chi connectivity index (χ2v) is 6.36. The van der Waals surface area contributed by atoms with Crippen LogP contribution in [0.15, 0.2) is 18.2 Å². The van der Waals surface area contributed by atoms with Gasteiger partial charge in [-0.15, -0.1) is 0 Å². The molecule has 3 nitrogen and oxygen atoms in total. The lowest BCUT2D eigenvalue weighted by atomic mass is 10.1. The minimum atomic E-state index is -4.45. The highest BCUT2D eigenvalue weighted by molar-refractivity contribution is 14.1. The predicted octanol–water partition coefficient (Wildman–Crippen LogP) is 4.10. The number of alkyl halides is 5. The Balaban J connectivity index is 2.03. The number of amides is 1. The maximum absolute atomic E-state index is 13.1. The molecule has 1 heterocycles. The van der Waals surface area contributed by atoms with Gasteiger partial charge in [0.2, 0.25) is 0 Å². The predicted molar refractivity (Wildman–Crippen MR) is 80.8 cm³/mol. The second kappa shape index (κ2) is 6.78. The Morgan fingerprint density at radius 2 is 1.87 bits per heavy atom. The normalized spacial score (nSPS) is 17.9. The lowest BCUT2D eigenvalue weighted by Crippen LogP contribution is -2.42. The fourth-order valence-corrected chi connectivity index (χ4v) is 2.80. The topological polar surface area (TPSA) is 29.5 Å². The summed E-state index contributed by atoms with van der Waals surface area (Å²) in [5, 5.41) is 0. The zero-order valence-corrected chi connectivity index (χ0v) is 14.0. The standard InChI is InChI=1S/C14H13F5INO2/c15-13(16)3-5-21(6-4-13)12(22)9-1-2-11(10(20)7-9)23-8-14(17,18)19/h1-2,7H,3-6,8H2. The summed E-state index contributed by atoms with van der Waals surface area (Å²) in [5.41, 5.74) is 0.235. The zero-order chi connectivity index (χ0) is 17.3. The van der Waals surface area contributed by atoms with Gasteiger partial charge in [0.05, 0.1) is 3.57 Å². The number of nitrogens with zero attached hydrogens (tertiary/aromatic N) is 1. The summed E-state index contributed by atoms with van der Waals surface area (Å²) in [5.74, 6) is -3.15. The zero-order valence-electron chi connectivity index (χ0n) is 11.8. The highest BCUT2D eigenvalue weighted by atomic mass is 127. The molecular weight excluding hydrogens is 436 g/mol. The van der Waals surface area contributed by atoms with Crippen LogP contribution in [0.1, 0.15) is 23.2 Å². The van der Waals surface area contributed by atoms with Gasteiger partial charge in [-0.1, -0.05) is 0 Å². The molecule has 0 unspecified atom stereocenters. The molecule has 1 aromatic carbocycles. The van der Waals surface area contributed by atoms with Gasteiger partial charge in [0.15, 0.2) is 6.61 Å². The van der Waals surface area contributed by atoms with Crippen LogP contribution in [0.4, 0.5) is 22.0 Å². The van der Waals surface area contributed by atoms with Crippen molar-refractivity contribution in [2.75, 3.05) is 19.7 Å². The van der Waals surface area contributed by atoms with E-state index in [1.807, 2.05) is 0 Å². The highest BCUT2D eigenvalue weighted by Crippen LogP contribution is 2.29. The van der Waals surface area contributed by atoms with E-state index < -0.39 is 24.6 Å². The maximum atomic E-state index is 13.1. The van der Waals surface area contributed by atoms with Crippen LogP contribution in [-0.4, -0.2) is 42.6 Å². The molecule has 0 radical (unpaired) electrons. The molecule has 0 saturated carbocycles. The van der Waals surface area contributed by atoms with Gasteiger partial charge in [0, 0.05) is 31.5 Å². The summed E-state index contributed by atoms with van der Waals surface area (Å²) in [6, 6.07) is 4.00. The molecule has 0 spiro atoms. The molecular formula is C14H13F5INO2. The van der Waals surface area contributed by atoms with E-state index in [-0.39, 0.29) is 37.2 Å². The third-order valence-electron chi connectivity index (χ3n) is 3.35. The molecule has 1 amide bonds. The molecule has 0 atom stereocenters. The van der Waals surface area contributed by atoms with Crippen molar-refractivity contribution in [1.29, 1.82) is 0 Å². The first-order valence-corrected chi connectivity index (χ1v) is 7.81. The van der Waals surface area contributed by atoms with Gasteiger partial charge in [-0.3, -0.25) is 4.79 Å². The average molecular weight is 449 g/mol. The monoisotopic (exact) mass is 449 g/mol. The fraction of sp³-hybridized carbons (Fsp3) is 0.500. The molecule has 2 rings (SSSR count). The van der Waals surface area contributed by atoms with Gasteiger partial charge in [-0.05, 0) is 40.8 Å². The Labute approximate surface area is 142 Å². The van der Waals surface area contributed by atoms with Crippen molar-refractivity contribution in [1.82, 2.24) is 4.90 Å². The van der Waals surface area contributed by atoms with E-state index in [4.69, 9.17) is 0 Å². The molecule has 0 bridgehead atoms. The number of hydrogen-bond donors (Lipinski definition) is 0. The Bertz CT molecular complexity index is 581. The Morgan fingerprint density at radius 3 is 2.39 bits per heavy atom. The molecule has 1 fully saturated rings. The molecule has 128 valence electrons. The van der Waals surface area contributed by atoms with Gasteiger partial charge < -0.3 is 9.64 Å². The van der Waals surface area contributed by atoms with Gasteiger partial charge in [0.1, 0.15) is 5.75 Å². The lowest BCUT2D eigenvalue weighted by molar-refractivity contribution is -0.153. The molecule has 23 heavy (non-hydrogen) atoms. The molecule has 0 aliphatic carbocycles. The van der Waals surface area contributed by atoms with E-state index in [0.29, 0.717) is 3.57 Å². The summed E-state index contributed by atoms with van der Waals surface area (Å²) in [6.45, 7) is -1.51. The number of halogens is 6. The third-order valence-corrected chi connectivity index (χ3v) is 4.20. The van der Waals surface area contributed by atoms with Crippen molar-refractivity contribution in [3.8, 4) is 5.75 Å². The number of likely N-dealkylation sites (tertiary alicyclic amines) is 1. The van der Waals surface area contributed by atoms with Crippen LogP contribution in [-0.2, 0) is 0 Å². The van der Waals surface area contributed by atoms with Crippen LogP contribution < -0.4 is 4.74 Å². The van der Waals surface area contributed by atoms with Crippen LogP contribution in [0.2, 0.25) is 0 Å². The van der Waals surface area contributed by atoms with Crippen LogP contribution in [0.5, 0.6) is 5.75 Å². The summed E-state index contributed by atoms with van der Waals surface area (Å²) < 4.78 is 67.6. The van der Waals surface area contributed by atoms with Crippen molar-refractivity contribution in [2.24, 2.45) is 0 Å². The Kier molecular flexibility index (Phi) is 5.37. The van der Waals surface area contributed by atoms with Crippen molar-refractivity contribution < 1.29 is 31.5 Å². The quantitative estimate of drug-likeness (QED) is 0.514. The van der Waals surface area contributed by atoms with E-state index in [9.17, 15) is 26.7 Å². The van der Waals surface area contributed by atoms with Crippen LogP contribution in [0.3, 0.4) is 0 Å². The number of hydrogen-bond acceptors (Lipinski definition) is 2. The van der Waals surface area contributed by atoms with Crippen molar-refractivity contribution in [3.05, 3.63) is 27.3 Å². The van der Waals surface area contributed by atoms with Gasteiger partial charge in [0.25, 0.3) is 11.8 Å². The van der Waals surface area contributed by atoms with E-state index in [1.54, 1.807) is 22.6 Å². The summed E-state index contributed by atoms with van der Waals surface area (Å²) in [6.07, 6.45) is -5.22. The number of carbonyl (C=O) groups is 1. The van der Waals surface area contributed by atoms with Crippen LogP contribution in [0, 0.1) is 3.57 Å². The fourth-order valence-electron chi connectivity index (χ4n) is 2.13. The van der Waals surface area contributed by atoms with E-state index in [1.165, 1.54) is 23.1 Å². The first kappa shape index (κ1) is 18.2. The largest absolute Gasteiger partial charge is 0.483 e. The highest BCUT2D eigenvalue weighted by Gasteiger charge is 2.36. The number of benzene rings is 1. The molecule has 0 N–H and O–H groups in total. The van der Waals surface area contributed by atoms with Crippen LogP contribution >= 0.6 is 22.6 Å². The summed E-state index contributed by atoms with van der Waals surface area (Å²) in [7, 11) is 0. The third kappa shape index (κ3) is 5.18. The molecule has 1 aromatic rings. The molecule has 1 aliphatic heterocycles. The minimum absolute atomic E-state index is 0.0182. The van der Waals surface area contributed by atoms with Gasteiger partial charge in [-0.25, -0.2) is 8.78 Å². The first-order valence-electron chi connectivity index (χ1n) is 6.74. The van der Waals surface area contributed by atoms with Gasteiger partial charge in [-0.2, -0.15) is 13.2 Å². The molecule has 9 heteroatoms. The molecule has 1 aliphatic rings. The summed E-state index contributed by atoms with van der Waals surface area (Å²) >= 11 is 1.76. The number of piperidine rings is 1. The van der Waals surface area contributed by atoms with E-state index >= 15 is 0 Å². The average Bonchev–Trinajstić information content (AvgIpc) is 2.44. The second-order valence-electron chi connectivity index (χ2n) is 5.20. The van der Waals surface area contributed by atoms with Crippen molar-refractivity contribution in [3.63, 3.8) is 0 Å². The van der Waals surface area contributed by atoms with E-state index in [2.05, 4.69) is 4.74 Å². The molecule has 1 saturated heterocycles. The maximum Gasteiger partial charge on any atom is 0.422 e. The number of carbonyl (C=O) groups excluding carboxylic acids is 1. The smallest absolute Gasteiger partial charge is 0.422 e. The Hall–Kier alpha value is -1.13. The SMILES string of the molecule is O=C(c1ccc(OCC(F)(F)F)c(I)c1)N1CCC(F)(F)CC1. The first-order chi connectivity index (χ1) is 10.6.